The van der Waals surface area contributed by atoms with Crippen molar-refractivity contribution in [2.75, 3.05) is 19.8 Å². The molecule has 0 radical (unpaired) electrons. The Hall–Kier alpha value is -0.0800. The molecule has 0 spiro atoms. The average Bonchev–Trinajstić information content (AvgIpc) is 2.24. The van der Waals surface area contributed by atoms with Gasteiger partial charge in [0.25, 0.3) is 0 Å². The van der Waals surface area contributed by atoms with Gasteiger partial charge in [-0.15, -0.1) is 0 Å². The maximum Gasteiger partial charge on any atom is 0.0780 e. The fraction of sp³-hybridized carbons (Fsp3) is 1.00. The van der Waals surface area contributed by atoms with Gasteiger partial charge in [-0.25, -0.2) is 0 Å². The molecule has 0 amide bonds. The topological polar surface area (TPSA) is 18.5 Å². The molecule has 92 valence electrons. The quantitative estimate of drug-likeness (QED) is 0.489. The highest BCUT2D eigenvalue weighted by Gasteiger charge is 2.01. The molecule has 2 heteroatoms. The van der Waals surface area contributed by atoms with Crippen LogP contribution in [0.2, 0.25) is 0 Å². The van der Waals surface area contributed by atoms with Crippen molar-refractivity contribution in [3.63, 3.8) is 0 Å². The molecule has 0 aliphatic heterocycles. The largest absolute Gasteiger partial charge is 0.379 e. The van der Waals surface area contributed by atoms with Crippen LogP contribution in [0.4, 0.5) is 0 Å². The minimum Gasteiger partial charge on any atom is -0.379 e. The third kappa shape index (κ3) is 11.8. The summed E-state index contributed by atoms with van der Waals surface area (Å²) in [6, 6.07) is 0. The Kier molecular flexibility index (Phi) is 11.9. The molecule has 0 N–H and O–H groups in total. The van der Waals surface area contributed by atoms with Crippen molar-refractivity contribution >= 4 is 0 Å². The van der Waals surface area contributed by atoms with Gasteiger partial charge in [0.05, 0.1) is 12.7 Å². The van der Waals surface area contributed by atoms with Crippen molar-refractivity contribution in [2.45, 2.75) is 65.4 Å². The molecule has 0 heterocycles. The summed E-state index contributed by atoms with van der Waals surface area (Å²) in [6.07, 6.45) is 7.66. The van der Waals surface area contributed by atoms with E-state index in [4.69, 9.17) is 9.47 Å². The van der Waals surface area contributed by atoms with Crippen molar-refractivity contribution in [3.05, 3.63) is 0 Å². The Labute approximate surface area is 95.3 Å². The van der Waals surface area contributed by atoms with Crippen LogP contribution in [0.5, 0.6) is 0 Å². The van der Waals surface area contributed by atoms with Gasteiger partial charge in [-0.2, -0.15) is 0 Å². The molecule has 0 aromatic carbocycles. The zero-order valence-corrected chi connectivity index (χ0v) is 10.8. The second-order valence-electron chi connectivity index (χ2n) is 4.17. The number of hydrogen-bond acceptors (Lipinski definition) is 2. The summed E-state index contributed by atoms with van der Waals surface area (Å²) in [7, 11) is 0. The lowest BCUT2D eigenvalue weighted by molar-refractivity contribution is -0.00854. The maximum atomic E-state index is 5.63. The lowest BCUT2D eigenvalue weighted by Gasteiger charge is -2.13. The molecule has 0 aromatic heterocycles. The van der Waals surface area contributed by atoms with Crippen LogP contribution in [0.1, 0.15) is 59.3 Å². The Balaban J connectivity index is 3.08. The second kappa shape index (κ2) is 12.0. The van der Waals surface area contributed by atoms with E-state index in [1.807, 2.05) is 0 Å². The highest BCUT2D eigenvalue weighted by molar-refractivity contribution is 4.48. The molecule has 1 unspecified atom stereocenters. The van der Waals surface area contributed by atoms with Gasteiger partial charge >= 0.3 is 0 Å². The molecule has 0 saturated heterocycles. The molecular formula is C13H28O2. The first-order valence-corrected chi connectivity index (χ1v) is 6.50. The summed E-state index contributed by atoms with van der Waals surface area (Å²) in [5.74, 6) is 0. The molecule has 0 aliphatic rings. The van der Waals surface area contributed by atoms with E-state index in [0.717, 1.165) is 19.8 Å². The van der Waals surface area contributed by atoms with E-state index in [9.17, 15) is 0 Å². The number of unbranched alkanes of at least 4 members (excludes halogenated alkanes) is 4. The Morgan fingerprint density at radius 1 is 0.867 bits per heavy atom. The summed E-state index contributed by atoms with van der Waals surface area (Å²) in [4.78, 5) is 0. The molecule has 0 fully saturated rings. The van der Waals surface area contributed by atoms with E-state index in [0.29, 0.717) is 0 Å². The molecular weight excluding hydrogens is 188 g/mol. The van der Waals surface area contributed by atoms with Gasteiger partial charge in [0.2, 0.25) is 0 Å². The standard InChI is InChI=1S/C13H28O2/c1-4-6-8-10-14-12-13(3)15-11-9-7-5-2/h13H,4-12H2,1-3H3. The summed E-state index contributed by atoms with van der Waals surface area (Å²) in [5.41, 5.74) is 0. The van der Waals surface area contributed by atoms with Crippen molar-refractivity contribution in [3.8, 4) is 0 Å². The summed E-state index contributed by atoms with van der Waals surface area (Å²) in [5, 5.41) is 0. The summed E-state index contributed by atoms with van der Waals surface area (Å²) in [6.45, 7) is 9.02. The predicted octanol–water partition coefficient (Wildman–Crippen LogP) is 3.79. The first kappa shape index (κ1) is 14.9. The van der Waals surface area contributed by atoms with Crippen LogP contribution < -0.4 is 0 Å². The highest BCUT2D eigenvalue weighted by Crippen LogP contribution is 2.00. The smallest absolute Gasteiger partial charge is 0.0780 e. The predicted molar refractivity (Wildman–Crippen MR) is 65.3 cm³/mol. The Morgan fingerprint density at radius 3 is 2.07 bits per heavy atom. The lowest BCUT2D eigenvalue weighted by Crippen LogP contribution is -2.17. The van der Waals surface area contributed by atoms with Crippen molar-refractivity contribution in [1.82, 2.24) is 0 Å². The SMILES string of the molecule is CCCCCOCC(C)OCCCCC. The number of hydrogen-bond donors (Lipinski definition) is 0. The molecule has 1 atom stereocenters. The minimum atomic E-state index is 0.253. The molecule has 2 nitrogen and oxygen atoms in total. The van der Waals surface area contributed by atoms with E-state index in [1.54, 1.807) is 0 Å². The van der Waals surface area contributed by atoms with E-state index in [1.165, 1.54) is 38.5 Å². The molecule has 0 saturated carbocycles. The summed E-state index contributed by atoms with van der Waals surface area (Å²) < 4.78 is 11.2. The Bertz CT molecular complexity index is 115. The van der Waals surface area contributed by atoms with Gasteiger partial charge in [0.15, 0.2) is 0 Å². The first-order valence-electron chi connectivity index (χ1n) is 6.50. The van der Waals surface area contributed by atoms with Crippen LogP contribution in [-0.2, 0) is 9.47 Å². The zero-order chi connectivity index (χ0) is 11.4. The van der Waals surface area contributed by atoms with E-state index in [-0.39, 0.29) is 6.10 Å². The fourth-order valence-corrected chi connectivity index (χ4v) is 1.39. The van der Waals surface area contributed by atoms with Gasteiger partial charge in [-0.3, -0.25) is 0 Å². The van der Waals surface area contributed by atoms with Crippen LogP contribution in [0, 0.1) is 0 Å². The zero-order valence-electron chi connectivity index (χ0n) is 10.8. The van der Waals surface area contributed by atoms with Gasteiger partial charge < -0.3 is 9.47 Å². The van der Waals surface area contributed by atoms with E-state index in [2.05, 4.69) is 20.8 Å². The molecule has 0 aromatic rings. The van der Waals surface area contributed by atoms with Crippen LogP contribution in [0.25, 0.3) is 0 Å². The average molecular weight is 216 g/mol. The fourth-order valence-electron chi connectivity index (χ4n) is 1.39. The lowest BCUT2D eigenvalue weighted by atomic mass is 10.3. The van der Waals surface area contributed by atoms with Crippen molar-refractivity contribution < 1.29 is 9.47 Å². The van der Waals surface area contributed by atoms with E-state index >= 15 is 0 Å². The molecule has 0 aliphatic carbocycles. The van der Waals surface area contributed by atoms with Gasteiger partial charge in [0.1, 0.15) is 0 Å². The number of ether oxygens (including phenoxy) is 2. The molecule has 0 bridgehead atoms. The Morgan fingerprint density at radius 2 is 1.47 bits per heavy atom. The van der Waals surface area contributed by atoms with Gasteiger partial charge in [0, 0.05) is 13.2 Å². The minimum absolute atomic E-state index is 0.253. The number of rotatable bonds is 11. The van der Waals surface area contributed by atoms with Crippen LogP contribution in [0.15, 0.2) is 0 Å². The van der Waals surface area contributed by atoms with Gasteiger partial charge in [-0.1, -0.05) is 39.5 Å². The third-order valence-electron chi connectivity index (χ3n) is 2.40. The van der Waals surface area contributed by atoms with Crippen molar-refractivity contribution in [2.24, 2.45) is 0 Å². The maximum absolute atomic E-state index is 5.63. The second-order valence-corrected chi connectivity index (χ2v) is 4.17. The van der Waals surface area contributed by atoms with Crippen LogP contribution in [0.3, 0.4) is 0 Å². The molecule has 0 rings (SSSR count). The van der Waals surface area contributed by atoms with Gasteiger partial charge in [-0.05, 0) is 19.8 Å². The van der Waals surface area contributed by atoms with Crippen molar-refractivity contribution in [1.29, 1.82) is 0 Å². The van der Waals surface area contributed by atoms with Crippen LogP contribution in [-0.4, -0.2) is 25.9 Å². The highest BCUT2D eigenvalue weighted by atomic mass is 16.5. The normalized spacial score (nSPS) is 13.0. The third-order valence-corrected chi connectivity index (χ3v) is 2.40. The summed E-state index contributed by atoms with van der Waals surface area (Å²) >= 11 is 0. The molecule has 15 heavy (non-hydrogen) atoms. The van der Waals surface area contributed by atoms with Crippen LogP contribution >= 0.6 is 0 Å². The first-order chi connectivity index (χ1) is 7.31. The van der Waals surface area contributed by atoms with E-state index < -0.39 is 0 Å². The monoisotopic (exact) mass is 216 g/mol.